The van der Waals surface area contributed by atoms with Crippen molar-refractivity contribution in [2.24, 2.45) is 5.92 Å². The summed E-state index contributed by atoms with van der Waals surface area (Å²) in [5, 5.41) is 3.82. The van der Waals surface area contributed by atoms with E-state index in [2.05, 4.69) is 15.1 Å². The van der Waals surface area contributed by atoms with Gasteiger partial charge in [-0.2, -0.15) is 4.98 Å². The molecule has 2 rings (SSSR count). The standard InChI is InChI=1S/C12H15N3O2/c1-8(2)6-9(16)7-11-14-12(15-17-11)10-4-3-5-13-10/h3-5,8,13H,6-7H2,1-2H3. The first-order chi connectivity index (χ1) is 8.15. The minimum Gasteiger partial charge on any atom is -0.359 e. The van der Waals surface area contributed by atoms with Crippen LogP contribution < -0.4 is 0 Å². The van der Waals surface area contributed by atoms with Crippen molar-refractivity contribution in [3.05, 3.63) is 24.2 Å². The number of nitrogens with one attached hydrogen (secondary N) is 1. The van der Waals surface area contributed by atoms with E-state index >= 15 is 0 Å². The third-order valence-corrected chi connectivity index (χ3v) is 2.29. The number of hydrogen-bond donors (Lipinski definition) is 1. The molecule has 0 radical (unpaired) electrons. The Morgan fingerprint density at radius 2 is 2.35 bits per heavy atom. The number of aromatic nitrogens is 3. The van der Waals surface area contributed by atoms with Crippen LogP contribution >= 0.6 is 0 Å². The van der Waals surface area contributed by atoms with E-state index in [1.807, 2.05) is 26.0 Å². The lowest BCUT2D eigenvalue weighted by molar-refractivity contribution is -0.119. The summed E-state index contributed by atoms with van der Waals surface area (Å²) in [6, 6.07) is 3.71. The maximum Gasteiger partial charge on any atom is 0.234 e. The zero-order valence-corrected chi connectivity index (χ0v) is 9.93. The molecule has 0 bridgehead atoms. The number of nitrogens with zero attached hydrogens (tertiary/aromatic N) is 2. The van der Waals surface area contributed by atoms with Crippen molar-refractivity contribution in [1.29, 1.82) is 0 Å². The van der Waals surface area contributed by atoms with E-state index in [4.69, 9.17) is 4.52 Å². The molecule has 0 aromatic carbocycles. The van der Waals surface area contributed by atoms with E-state index in [9.17, 15) is 4.79 Å². The van der Waals surface area contributed by atoms with Gasteiger partial charge >= 0.3 is 0 Å². The van der Waals surface area contributed by atoms with Crippen LogP contribution in [0.15, 0.2) is 22.9 Å². The lowest BCUT2D eigenvalue weighted by Crippen LogP contribution is -2.06. The van der Waals surface area contributed by atoms with Gasteiger partial charge in [0.2, 0.25) is 11.7 Å². The van der Waals surface area contributed by atoms with Crippen LogP contribution in [0.1, 0.15) is 26.2 Å². The molecule has 17 heavy (non-hydrogen) atoms. The van der Waals surface area contributed by atoms with E-state index in [-0.39, 0.29) is 12.2 Å². The minimum absolute atomic E-state index is 0.127. The highest BCUT2D eigenvalue weighted by Crippen LogP contribution is 2.13. The van der Waals surface area contributed by atoms with Crippen molar-refractivity contribution in [2.75, 3.05) is 0 Å². The Kier molecular flexibility index (Phi) is 3.37. The Bertz CT molecular complexity index is 486. The summed E-state index contributed by atoms with van der Waals surface area (Å²) in [6.45, 7) is 4.02. The monoisotopic (exact) mass is 233 g/mol. The number of carbonyl (C=O) groups is 1. The van der Waals surface area contributed by atoms with Gasteiger partial charge in [-0.25, -0.2) is 0 Å². The SMILES string of the molecule is CC(C)CC(=O)Cc1nc(-c2ccc[nH]2)no1. The van der Waals surface area contributed by atoms with Gasteiger partial charge in [0.05, 0.1) is 12.1 Å². The molecule has 2 aromatic rings. The predicted octanol–water partition coefficient (Wildman–Crippen LogP) is 2.22. The van der Waals surface area contributed by atoms with Crippen LogP contribution in [0.5, 0.6) is 0 Å². The van der Waals surface area contributed by atoms with Gasteiger partial charge in [-0.1, -0.05) is 19.0 Å². The van der Waals surface area contributed by atoms with Crippen LogP contribution in [0.3, 0.4) is 0 Å². The molecule has 0 atom stereocenters. The van der Waals surface area contributed by atoms with Crippen LogP contribution in [-0.2, 0) is 11.2 Å². The molecule has 0 aliphatic heterocycles. The Hall–Kier alpha value is -1.91. The van der Waals surface area contributed by atoms with Crippen LogP contribution in [0, 0.1) is 5.92 Å². The molecule has 1 N–H and O–H groups in total. The zero-order chi connectivity index (χ0) is 12.3. The molecule has 90 valence electrons. The molecule has 0 saturated carbocycles. The molecule has 0 saturated heterocycles. The van der Waals surface area contributed by atoms with Crippen LogP contribution in [0.4, 0.5) is 0 Å². The average Bonchev–Trinajstić information content (AvgIpc) is 2.84. The minimum atomic E-state index is 0.127. The molecule has 0 unspecified atom stereocenters. The lowest BCUT2D eigenvalue weighted by atomic mass is 10.1. The van der Waals surface area contributed by atoms with Crippen molar-refractivity contribution in [3.8, 4) is 11.5 Å². The summed E-state index contributed by atoms with van der Waals surface area (Å²) in [5.74, 6) is 1.34. The first kappa shape index (κ1) is 11.6. The molecule has 5 nitrogen and oxygen atoms in total. The van der Waals surface area contributed by atoms with Crippen LogP contribution in [0.2, 0.25) is 0 Å². The second kappa shape index (κ2) is 4.95. The number of hydrogen-bond acceptors (Lipinski definition) is 4. The Labute approximate surface area is 99.2 Å². The molecular formula is C12H15N3O2. The first-order valence-corrected chi connectivity index (χ1v) is 5.63. The summed E-state index contributed by atoms with van der Waals surface area (Å²) >= 11 is 0. The van der Waals surface area contributed by atoms with Gasteiger partial charge in [0, 0.05) is 12.6 Å². The highest BCUT2D eigenvalue weighted by atomic mass is 16.5. The van der Waals surface area contributed by atoms with Gasteiger partial charge in [0.15, 0.2) is 0 Å². The molecule has 0 spiro atoms. The number of Topliss-reactive ketones (excluding diaryl/α,β-unsaturated/α-hetero) is 1. The number of ketones is 1. The first-order valence-electron chi connectivity index (χ1n) is 5.63. The van der Waals surface area contributed by atoms with E-state index in [1.54, 1.807) is 6.20 Å². The number of H-pyrrole nitrogens is 1. The summed E-state index contributed by atoms with van der Waals surface area (Å²) in [5.41, 5.74) is 0.788. The second-order valence-electron chi connectivity index (χ2n) is 4.41. The Morgan fingerprint density at radius 1 is 1.53 bits per heavy atom. The fourth-order valence-corrected chi connectivity index (χ4v) is 1.60. The number of aromatic amines is 1. The molecule has 0 aliphatic carbocycles. The molecular weight excluding hydrogens is 218 g/mol. The summed E-state index contributed by atoms with van der Waals surface area (Å²) < 4.78 is 5.04. The van der Waals surface area contributed by atoms with Gasteiger partial charge in [0.1, 0.15) is 5.78 Å². The molecule has 0 fully saturated rings. The maximum atomic E-state index is 11.6. The predicted molar refractivity (Wildman–Crippen MR) is 62.3 cm³/mol. The van der Waals surface area contributed by atoms with Gasteiger partial charge in [-0.3, -0.25) is 4.79 Å². The van der Waals surface area contributed by atoms with Gasteiger partial charge < -0.3 is 9.51 Å². The quantitative estimate of drug-likeness (QED) is 0.859. The van der Waals surface area contributed by atoms with Crippen molar-refractivity contribution in [2.45, 2.75) is 26.7 Å². The fourth-order valence-electron chi connectivity index (χ4n) is 1.60. The molecule has 5 heteroatoms. The van der Waals surface area contributed by atoms with E-state index in [1.165, 1.54) is 0 Å². The van der Waals surface area contributed by atoms with Crippen molar-refractivity contribution < 1.29 is 9.32 Å². The smallest absolute Gasteiger partial charge is 0.234 e. The van der Waals surface area contributed by atoms with Crippen LogP contribution in [0.25, 0.3) is 11.5 Å². The van der Waals surface area contributed by atoms with E-state index in [0.717, 1.165) is 5.69 Å². The molecule has 2 heterocycles. The molecule has 2 aromatic heterocycles. The summed E-state index contributed by atoms with van der Waals surface area (Å²) in [4.78, 5) is 18.7. The summed E-state index contributed by atoms with van der Waals surface area (Å²) in [7, 11) is 0. The third-order valence-electron chi connectivity index (χ3n) is 2.29. The zero-order valence-electron chi connectivity index (χ0n) is 9.93. The van der Waals surface area contributed by atoms with E-state index in [0.29, 0.717) is 24.1 Å². The Morgan fingerprint density at radius 3 is 3.00 bits per heavy atom. The average molecular weight is 233 g/mol. The highest BCUT2D eigenvalue weighted by molar-refractivity contribution is 5.80. The van der Waals surface area contributed by atoms with Crippen molar-refractivity contribution in [3.63, 3.8) is 0 Å². The normalized spacial score (nSPS) is 11.0. The highest BCUT2D eigenvalue weighted by Gasteiger charge is 2.13. The van der Waals surface area contributed by atoms with Gasteiger partial charge in [0.25, 0.3) is 0 Å². The fraction of sp³-hybridized carbons (Fsp3) is 0.417. The lowest BCUT2D eigenvalue weighted by Gasteiger charge is -1.99. The van der Waals surface area contributed by atoms with Crippen molar-refractivity contribution in [1.82, 2.24) is 15.1 Å². The third kappa shape index (κ3) is 3.03. The van der Waals surface area contributed by atoms with Gasteiger partial charge in [-0.15, -0.1) is 0 Å². The second-order valence-corrected chi connectivity index (χ2v) is 4.41. The van der Waals surface area contributed by atoms with E-state index < -0.39 is 0 Å². The number of carbonyl (C=O) groups excluding carboxylic acids is 1. The topological polar surface area (TPSA) is 71.8 Å². The molecule has 0 aliphatic rings. The van der Waals surface area contributed by atoms with Crippen molar-refractivity contribution >= 4 is 5.78 Å². The molecule has 0 amide bonds. The largest absolute Gasteiger partial charge is 0.359 e. The van der Waals surface area contributed by atoms with Crippen LogP contribution in [-0.4, -0.2) is 20.9 Å². The summed E-state index contributed by atoms with van der Waals surface area (Å²) in [6.07, 6.45) is 2.54. The Balaban J connectivity index is 2.02. The van der Waals surface area contributed by atoms with Gasteiger partial charge in [-0.05, 0) is 18.1 Å². The maximum absolute atomic E-state index is 11.6. The number of rotatable bonds is 5.